The molecule has 11 rings (SSSR count). The van der Waals surface area contributed by atoms with E-state index in [4.69, 9.17) is 19.4 Å². The van der Waals surface area contributed by atoms with Gasteiger partial charge in [0, 0.05) is 43.6 Å². The Balaban J connectivity index is 1.21. The summed E-state index contributed by atoms with van der Waals surface area (Å²) in [6.07, 6.45) is 0. The molecular formula is C49H30N4O. The predicted molar refractivity (Wildman–Crippen MR) is 221 cm³/mol. The van der Waals surface area contributed by atoms with Crippen molar-refractivity contribution in [3.05, 3.63) is 182 Å². The van der Waals surface area contributed by atoms with Crippen molar-refractivity contribution in [1.82, 2.24) is 19.5 Å². The second kappa shape index (κ2) is 12.1. The quantitative estimate of drug-likeness (QED) is 0.180. The lowest BCUT2D eigenvalue weighted by molar-refractivity contribution is 0.670. The number of hydrogen-bond acceptors (Lipinski definition) is 4. The summed E-state index contributed by atoms with van der Waals surface area (Å²) in [5.41, 5.74) is 9.95. The largest absolute Gasteiger partial charge is 0.453 e. The van der Waals surface area contributed by atoms with E-state index in [9.17, 15) is 0 Å². The van der Waals surface area contributed by atoms with Gasteiger partial charge in [0.05, 0.1) is 16.7 Å². The number of hydrogen-bond donors (Lipinski definition) is 0. The average molecular weight is 691 g/mol. The summed E-state index contributed by atoms with van der Waals surface area (Å²) < 4.78 is 9.45. The van der Waals surface area contributed by atoms with Gasteiger partial charge < -0.3 is 8.98 Å². The van der Waals surface area contributed by atoms with Crippen LogP contribution in [-0.4, -0.2) is 19.5 Å². The summed E-state index contributed by atoms with van der Waals surface area (Å²) in [4.78, 5) is 15.3. The molecule has 0 bridgehead atoms. The first-order valence-corrected chi connectivity index (χ1v) is 18.1. The van der Waals surface area contributed by atoms with Crippen LogP contribution in [0.25, 0.3) is 105 Å². The molecule has 11 aromatic rings. The lowest BCUT2D eigenvalue weighted by atomic mass is 9.99. The molecule has 0 amide bonds. The zero-order valence-electron chi connectivity index (χ0n) is 29.0. The molecule has 5 nitrogen and oxygen atoms in total. The monoisotopic (exact) mass is 690 g/mol. The van der Waals surface area contributed by atoms with Crippen LogP contribution in [0.3, 0.4) is 0 Å². The fourth-order valence-corrected chi connectivity index (χ4v) is 7.94. The zero-order chi connectivity index (χ0) is 35.6. The van der Waals surface area contributed by atoms with E-state index in [0.29, 0.717) is 17.5 Å². The topological polar surface area (TPSA) is 56.7 Å². The lowest BCUT2D eigenvalue weighted by Gasteiger charge is -2.10. The van der Waals surface area contributed by atoms with Crippen molar-refractivity contribution in [3.8, 4) is 51.0 Å². The van der Waals surface area contributed by atoms with Crippen LogP contribution in [-0.2, 0) is 0 Å². The summed E-state index contributed by atoms with van der Waals surface area (Å²) in [5, 5.41) is 6.44. The molecule has 0 aliphatic rings. The first-order valence-electron chi connectivity index (χ1n) is 18.1. The highest BCUT2D eigenvalue weighted by molar-refractivity contribution is 6.22. The molecule has 0 aliphatic carbocycles. The summed E-state index contributed by atoms with van der Waals surface area (Å²) in [7, 11) is 0. The van der Waals surface area contributed by atoms with E-state index in [2.05, 4.69) is 126 Å². The minimum Gasteiger partial charge on any atom is -0.453 e. The molecule has 3 aromatic heterocycles. The number of benzene rings is 8. The van der Waals surface area contributed by atoms with Crippen molar-refractivity contribution < 1.29 is 4.42 Å². The van der Waals surface area contributed by atoms with Crippen LogP contribution in [0.2, 0.25) is 0 Å². The van der Waals surface area contributed by atoms with E-state index < -0.39 is 0 Å². The van der Waals surface area contributed by atoms with Gasteiger partial charge in [-0.15, -0.1) is 0 Å². The van der Waals surface area contributed by atoms with Crippen molar-refractivity contribution in [2.45, 2.75) is 0 Å². The van der Waals surface area contributed by atoms with E-state index in [0.717, 1.165) is 66.1 Å². The number of rotatable bonds is 5. The Morgan fingerprint density at radius 2 is 0.944 bits per heavy atom. The molecule has 0 aliphatic heterocycles. The summed E-state index contributed by atoms with van der Waals surface area (Å²) in [6.45, 7) is 0. The van der Waals surface area contributed by atoms with Crippen LogP contribution in [0, 0.1) is 0 Å². The fourth-order valence-electron chi connectivity index (χ4n) is 7.94. The van der Waals surface area contributed by atoms with Crippen LogP contribution in [0.4, 0.5) is 0 Å². The Morgan fingerprint density at radius 1 is 0.370 bits per heavy atom. The number of aromatic nitrogens is 4. The number of nitrogens with zero attached hydrogens (tertiary/aromatic N) is 4. The third-order valence-corrected chi connectivity index (χ3v) is 10.4. The molecule has 0 atom stereocenters. The molecule has 3 heterocycles. The SMILES string of the molecule is c1ccc(-c2ccc3c(c2)c2ccccc2n3-c2cccc3c2oc2c4ccccc4cc(-c4nc(-c5ccccc5)nc(-c5ccccc5)n4)c32)cc1. The molecule has 0 saturated heterocycles. The van der Waals surface area contributed by atoms with Crippen LogP contribution in [0.5, 0.6) is 0 Å². The number of furan rings is 1. The van der Waals surface area contributed by atoms with E-state index in [1.54, 1.807) is 0 Å². The van der Waals surface area contributed by atoms with Gasteiger partial charge >= 0.3 is 0 Å². The molecule has 0 saturated carbocycles. The van der Waals surface area contributed by atoms with Gasteiger partial charge in [-0.2, -0.15) is 0 Å². The Bertz CT molecular complexity index is 3140. The predicted octanol–water partition coefficient (Wildman–Crippen LogP) is 12.7. The van der Waals surface area contributed by atoms with Crippen molar-refractivity contribution in [2.24, 2.45) is 0 Å². The third-order valence-electron chi connectivity index (χ3n) is 10.4. The molecule has 0 unspecified atom stereocenters. The summed E-state index contributed by atoms with van der Waals surface area (Å²) in [5.74, 6) is 1.83. The Kier molecular flexibility index (Phi) is 6.79. The van der Waals surface area contributed by atoms with Gasteiger partial charge in [0.1, 0.15) is 5.58 Å². The molecule has 0 N–H and O–H groups in total. The molecule has 54 heavy (non-hydrogen) atoms. The highest BCUT2D eigenvalue weighted by atomic mass is 16.3. The maximum absolute atomic E-state index is 7.11. The highest BCUT2D eigenvalue weighted by Gasteiger charge is 2.23. The van der Waals surface area contributed by atoms with Crippen LogP contribution in [0.15, 0.2) is 186 Å². The smallest absolute Gasteiger partial charge is 0.164 e. The molecule has 8 aromatic carbocycles. The molecule has 0 radical (unpaired) electrons. The summed E-state index contributed by atoms with van der Waals surface area (Å²) >= 11 is 0. The Morgan fingerprint density at radius 3 is 1.67 bits per heavy atom. The first kappa shape index (κ1) is 30.3. The van der Waals surface area contributed by atoms with E-state index in [1.807, 2.05) is 60.7 Å². The minimum absolute atomic E-state index is 0.594. The molecule has 0 spiro atoms. The molecule has 252 valence electrons. The van der Waals surface area contributed by atoms with Gasteiger partial charge in [-0.25, -0.2) is 15.0 Å². The van der Waals surface area contributed by atoms with Crippen molar-refractivity contribution in [2.75, 3.05) is 0 Å². The van der Waals surface area contributed by atoms with Gasteiger partial charge in [0.15, 0.2) is 23.1 Å². The average Bonchev–Trinajstić information content (AvgIpc) is 3.81. The van der Waals surface area contributed by atoms with E-state index in [1.165, 1.54) is 21.9 Å². The molecule has 5 heteroatoms. The second-order valence-electron chi connectivity index (χ2n) is 13.6. The van der Waals surface area contributed by atoms with Gasteiger partial charge in [-0.1, -0.05) is 152 Å². The number of fused-ring (bicyclic) bond motifs is 8. The van der Waals surface area contributed by atoms with Crippen molar-refractivity contribution >= 4 is 54.5 Å². The fraction of sp³-hybridized carbons (Fsp3) is 0. The van der Waals surface area contributed by atoms with Gasteiger partial charge in [-0.3, -0.25) is 0 Å². The van der Waals surface area contributed by atoms with Crippen LogP contribution in [0.1, 0.15) is 0 Å². The maximum atomic E-state index is 7.11. The van der Waals surface area contributed by atoms with Crippen LogP contribution < -0.4 is 0 Å². The third kappa shape index (κ3) is 4.76. The zero-order valence-corrected chi connectivity index (χ0v) is 29.0. The van der Waals surface area contributed by atoms with Crippen LogP contribution >= 0.6 is 0 Å². The van der Waals surface area contributed by atoms with Crippen molar-refractivity contribution in [1.29, 1.82) is 0 Å². The van der Waals surface area contributed by atoms with Crippen molar-refractivity contribution in [3.63, 3.8) is 0 Å². The van der Waals surface area contributed by atoms with E-state index in [-0.39, 0.29) is 0 Å². The highest BCUT2D eigenvalue weighted by Crippen LogP contribution is 2.44. The summed E-state index contributed by atoms with van der Waals surface area (Å²) in [6, 6.07) is 63.2. The Hall–Kier alpha value is -7.37. The number of para-hydroxylation sites is 2. The minimum atomic E-state index is 0.594. The molecular weight excluding hydrogens is 661 g/mol. The first-order chi connectivity index (χ1) is 26.8. The molecule has 0 fully saturated rings. The van der Waals surface area contributed by atoms with E-state index >= 15 is 0 Å². The Labute approximate surface area is 310 Å². The van der Waals surface area contributed by atoms with Gasteiger partial charge in [0.2, 0.25) is 0 Å². The maximum Gasteiger partial charge on any atom is 0.164 e. The second-order valence-corrected chi connectivity index (χ2v) is 13.6. The van der Waals surface area contributed by atoms with Gasteiger partial charge in [0.25, 0.3) is 0 Å². The normalized spacial score (nSPS) is 11.7. The van der Waals surface area contributed by atoms with Gasteiger partial charge in [-0.05, 0) is 46.8 Å². The standard InChI is InChI=1S/C49H30N4O/c1-4-15-31(16-5-1)34-27-28-42-39(29-34)37-23-12-13-25-41(37)53(42)43-26-14-24-38-44-40(30-35-21-10-11-22-36(35)46(44)54-45(38)43)49-51-47(32-17-6-2-7-18-32)50-48(52-49)33-19-8-3-9-20-33/h1-30H. The lowest BCUT2D eigenvalue weighted by Crippen LogP contribution is -2.00.